The highest BCUT2D eigenvalue weighted by Crippen LogP contribution is 2.48. The first-order valence-corrected chi connectivity index (χ1v) is 13.7. The van der Waals surface area contributed by atoms with E-state index in [0.29, 0.717) is 0 Å². The van der Waals surface area contributed by atoms with Gasteiger partial charge in [0.2, 0.25) is 0 Å². The predicted octanol–water partition coefficient (Wildman–Crippen LogP) is 8.39. The number of ether oxygens (including phenoxy) is 2. The third kappa shape index (κ3) is 9.09. The third-order valence-electron chi connectivity index (χ3n) is 7.13. The van der Waals surface area contributed by atoms with Gasteiger partial charge in [0.1, 0.15) is 17.8 Å². The average molecular weight is 499 g/mol. The fraction of sp³-hybridized carbons (Fsp3) is 0.688. The molecule has 0 bridgehead atoms. The fourth-order valence-electron chi connectivity index (χ4n) is 7.00. The number of hydrogen-bond donors (Lipinski definition) is 0. The summed E-state index contributed by atoms with van der Waals surface area (Å²) >= 11 is 0. The highest BCUT2D eigenvalue weighted by atomic mass is 16.6. The second-order valence-electron chi connectivity index (χ2n) is 13.9. The van der Waals surface area contributed by atoms with Crippen LogP contribution in [0.1, 0.15) is 113 Å². The molecule has 0 saturated heterocycles. The maximum absolute atomic E-state index is 13.4. The Bertz CT molecular complexity index is 835. The number of benzene rings is 1. The molecule has 2 aliphatic carbocycles. The van der Waals surface area contributed by atoms with Crippen molar-refractivity contribution in [2.45, 2.75) is 120 Å². The zero-order chi connectivity index (χ0) is 27.4. The molecular formula is C32H50O4. The van der Waals surface area contributed by atoms with Gasteiger partial charge in [-0.25, -0.2) is 9.59 Å². The molecule has 4 nitrogen and oxygen atoms in total. The molecule has 0 aliphatic heterocycles. The summed E-state index contributed by atoms with van der Waals surface area (Å²) in [4.78, 5) is 26.8. The molecule has 3 rings (SSSR count). The summed E-state index contributed by atoms with van der Waals surface area (Å²) in [6.07, 6.45) is 6.51. The first kappa shape index (κ1) is 30.1. The van der Waals surface area contributed by atoms with Crippen LogP contribution in [0.3, 0.4) is 0 Å². The summed E-state index contributed by atoms with van der Waals surface area (Å²) in [7, 11) is 0. The van der Waals surface area contributed by atoms with E-state index in [1.807, 2.05) is 44.2 Å². The number of hydrogen-bond acceptors (Lipinski definition) is 4. The van der Waals surface area contributed by atoms with E-state index in [9.17, 15) is 9.59 Å². The zero-order valence-electron chi connectivity index (χ0n) is 24.5. The lowest BCUT2D eigenvalue weighted by Crippen LogP contribution is -2.40. The highest BCUT2D eigenvalue weighted by molar-refractivity contribution is 6.17. The molecule has 0 atom stereocenters. The van der Waals surface area contributed by atoms with Crippen molar-refractivity contribution in [3.63, 3.8) is 0 Å². The van der Waals surface area contributed by atoms with Crippen molar-refractivity contribution >= 4 is 18.0 Å². The molecule has 1 aromatic rings. The number of esters is 2. The van der Waals surface area contributed by atoms with Gasteiger partial charge in [-0.1, -0.05) is 99.6 Å². The van der Waals surface area contributed by atoms with Crippen molar-refractivity contribution in [1.29, 1.82) is 0 Å². The van der Waals surface area contributed by atoms with Gasteiger partial charge in [0, 0.05) is 0 Å². The van der Waals surface area contributed by atoms with Crippen molar-refractivity contribution in [3.05, 3.63) is 41.5 Å². The van der Waals surface area contributed by atoms with E-state index in [-0.39, 0.29) is 39.4 Å². The van der Waals surface area contributed by atoms with Gasteiger partial charge < -0.3 is 9.47 Å². The summed E-state index contributed by atoms with van der Waals surface area (Å²) in [5.74, 6) is -1.16. The molecule has 2 saturated carbocycles. The summed E-state index contributed by atoms with van der Waals surface area (Å²) in [6, 6.07) is 9.43. The van der Waals surface area contributed by atoms with Crippen LogP contribution in [-0.2, 0) is 19.1 Å². The molecule has 2 fully saturated rings. The summed E-state index contributed by atoms with van der Waals surface area (Å²) < 4.78 is 12.0. The molecule has 4 heteroatoms. The van der Waals surface area contributed by atoms with E-state index in [4.69, 9.17) is 9.47 Å². The average Bonchev–Trinajstić information content (AvgIpc) is 2.69. The lowest BCUT2D eigenvalue weighted by atomic mass is 9.64. The largest absolute Gasteiger partial charge is 0.459 e. The number of carbonyl (C=O) groups is 2. The topological polar surface area (TPSA) is 52.6 Å². The first-order valence-electron chi connectivity index (χ1n) is 13.7. The minimum absolute atomic E-state index is 0.0198. The SMILES string of the molecule is CC.CC1(C)CC(OC(=O)C(=Cc2ccccc2)C(=O)OC2CC(C)(C)CC(C)(C)C2)CC(C)(C)C1. The lowest BCUT2D eigenvalue weighted by Gasteiger charge is -2.44. The van der Waals surface area contributed by atoms with Gasteiger partial charge >= 0.3 is 11.9 Å². The van der Waals surface area contributed by atoms with Crippen LogP contribution >= 0.6 is 0 Å². The van der Waals surface area contributed by atoms with Gasteiger partial charge in [-0.05, 0) is 71.8 Å². The maximum Gasteiger partial charge on any atom is 0.345 e. The molecule has 1 aromatic carbocycles. The van der Waals surface area contributed by atoms with Gasteiger partial charge in [-0.15, -0.1) is 0 Å². The van der Waals surface area contributed by atoms with Gasteiger partial charge in [-0.3, -0.25) is 0 Å². The van der Waals surface area contributed by atoms with Crippen LogP contribution in [-0.4, -0.2) is 24.1 Å². The van der Waals surface area contributed by atoms with Crippen LogP contribution in [0, 0.1) is 21.7 Å². The minimum Gasteiger partial charge on any atom is -0.459 e. The molecule has 0 amide bonds. The maximum atomic E-state index is 13.4. The number of rotatable bonds is 5. The Labute approximate surface area is 220 Å². The highest BCUT2D eigenvalue weighted by Gasteiger charge is 2.42. The Morgan fingerprint density at radius 1 is 0.667 bits per heavy atom. The minimum atomic E-state index is -0.582. The molecule has 0 aromatic heterocycles. The summed E-state index contributed by atoms with van der Waals surface area (Å²) in [5.41, 5.74) is 1.07. The first-order chi connectivity index (χ1) is 16.5. The van der Waals surface area contributed by atoms with Crippen LogP contribution in [0.5, 0.6) is 0 Å². The summed E-state index contributed by atoms with van der Waals surface area (Å²) in [5, 5.41) is 0. The Morgan fingerprint density at radius 3 is 1.33 bits per heavy atom. The Hall–Kier alpha value is -2.10. The van der Waals surface area contributed by atoms with Gasteiger partial charge in [0.05, 0.1) is 0 Å². The van der Waals surface area contributed by atoms with Crippen LogP contribution in [0.25, 0.3) is 6.08 Å². The second-order valence-corrected chi connectivity index (χ2v) is 13.9. The van der Waals surface area contributed by atoms with E-state index in [2.05, 4.69) is 55.4 Å². The van der Waals surface area contributed by atoms with Crippen LogP contribution < -0.4 is 0 Å². The Balaban J connectivity index is 0.00000222. The monoisotopic (exact) mass is 498 g/mol. The van der Waals surface area contributed by atoms with E-state index in [1.54, 1.807) is 6.08 Å². The van der Waals surface area contributed by atoms with Crippen molar-refractivity contribution < 1.29 is 19.1 Å². The van der Waals surface area contributed by atoms with E-state index in [0.717, 1.165) is 44.1 Å². The molecular weight excluding hydrogens is 448 g/mol. The van der Waals surface area contributed by atoms with Crippen LogP contribution in [0.2, 0.25) is 0 Å². The Morgan fingerprint density at radius 2 is 1.00 bits per heavy atom. The second kappa shape index (κ2) is 11.5. The van der Waals surface area contributed by atoms with Crippen molar-refractivity contribution in [1.82, 2.24) is 0 Å². The molecule has 202 valence electrons. The normalized spacial score (nSPS) is 22.4. The number of carbonyl (C=O) groups excluding carboxylic acids is 2. The van der Waals surface area contributed by atoms with E-state index in [1.165, 1.54) is 0 Å². The van der Waals surface area contributed by atoms with E-state index >= 15 is 0 Å². The molecule has 0 N–H and O–H groups in total. The molecule has 0 heterocycles. The van der Waals surface area contributed by atoms with Gasteiger partial charge in [-0.2, -0.15) is 0 Å². The quantitative estimate of drug-likeness (QED) is 0.177. The standard InChI is InChI=1S/C30H44O4.C2H6/c1-27(2)15-22(16-28(3,4)19-27)33-25(31)24(14-21-12-10-9-11-13-21)26(32)34-23-17-29(5,6)20-30(7,8)18-23;1-2/h9-14,22-23H,15-20H2,1-8H3;1-2H3. The molecule has 36 heavy (non-hydrogen) atoms. The van der Waals surface area contributed by atoms with Crippen LogP contribution in [0.4, 0.5) is 0 Å². The fourth-order valence-corrected chi connectivity index (χ4v) is 7.00. The molecule has 2 aliphatic rings. The van der Waals surface area contributed by atoms with Crippen molar-refractivity contribution in [3.8, 4) is 0 Å². The molecule has 0 unspecified atom stereocenters. The van der Waals surface area contributed by atoms with Crippen molar-refractivity contribution in [2.24, 2.45) is 21.7 Å². The zero-order valence-corrected chi connectivity index (χ0v) is 24.5. The third-order valence-corrected chi connectivity index (χ3v) is 7.13. The lowest BCUT2D eigenvalue weighted by molar-refractivity contribution is -0.158. The van der Waals surface area contributed by atoms with E-state index < -0.39 is 11.9 Å². The Kier molecular flexibility index (Phi) is 9.64. The predicted molar refractivity (Wildman–Crippen MR) is 148 cm³/mol. The van der Waals surface area contributed by atoms with Gasteiger partial charge in [0.15, 0.2) is 0 Å². The van der Waals surface area contributed by atoms with Gasteiger partial charge in [0.25, 0.3) is 0 Å². The summed E-state index contributed by atoms with van der Waals surface area (Å²) in [6.45, 7) is 21.7. The van der Waals surface area contributed by atoms with Crippen molar-refractivity contribution in [2.75, 3.05) is 0 Å². The molecule has 0 spiro atoms. The van der Waals surface area contributed by atoms with Crippen LogP contribution in [0.15, 0.2) is 35.9 Å². The molecule has 0 radical (unpaired) electrons. The smallest absolute Gasteiger partial charge is 0.345 e.